The van der Waals surface area contributed by atoms with Crippen LogP contribution in [0.2, 0.25) is 0 Å². The maximum atomic E-state index is 8.53. The molecule has 0 saturated carbocycles. The molecule has 0 saturated heterocycles. The molecule has 0 unspecified atom stereocenters. The summed E-state index contributed by atoms with van der Waals surface area (Å²) in [6.45, 7) is 2.02. The van der Waals surface area contributed by atoms with Crippen LogP contribution < -0.4 is 0 Å². The van der Waals surface area contributed by atoms with Gasteiger partial charge in [0.15, 0.2) is 0 Å². The quantitative estimate of drug-likeness (QED) is 0.525. The predicted molar refractivity (Wildman–Crippen MR) is 41.5 cm³/mol. The van der Waals surface area contributed by atoms with Crippen molar-refractivity contribution in [3.63, 3.8) is 0 Å². The molecule has 0 atom stereocenters. The van der Waals surface area contributed by atoms with E-state index in [1.807, 2.05) is 13.0 Å². The van der Waals surface area contributed by atoms with E-state index < -0.39 is 0 Å². The van der Waals surface area contributed by atoms with Crippen LogP contribution in [0.15, 0.2) is 22.3 Å². The molecule has 0 N–H and O–H groups in total. The molecule has 0 heterocycles. The van der Waals surface area contributed by atoms with Crippen molar-refractivity contribution in [2.45, 2.75) is 19.8 Å². The van der Waals surface area contributed by atoms with Crippen molar-refractivity contribution in [2.75, 3.05) is 0 Å². The van der Waals surface area contributed by atoms with Crippen molar-refractivity contribution >= 4 is 11.6 Å². The van der Waals surface area contributed by atoms with Gasteiger partial charge in [-0.2, -0.15) is 5.26 Å². The molecule has 52 valence electrons. The topological polar surface area (TPSA) is 23.8 Å². The first kappa shape index (κ1) is 7.37. The standard InChI is InChI=1S/C8H8ClN/c1-6-2-3-7(5-10)8(9)4-6/h4H,2-3H2,1H3. The zero-order valence-electron chi connectivity index (χ0n) is 5.82. The predicted octanol–water partition coefficient (Wildman–Crippen LogP) is 2.74. The molecule has 0 aromatic heterocycles. The van der Waals surface area contributed by atoms with Gasteiger partial charge in [-0.25, -0.2) is 0 Å². The molecular weight excluding hydrogens is 146 g/mol. The van der Waals surface area contributed by atoms with E-state index in [0.29, 0.717) is 10.6 Å². The molecule has 2 heteroatoms. The molecule has 0 aromatic carbocycles. The normalized spacial score (nSPS) is 18.3. The van der Waals surface area contributed by atoms with Crippen molar-refractivity contribution in [1.29, 1.82) is 5.26 Å². The molecule has 1 aliphatic rings. The highest BCUT2D eigenvalue weighted by molar-refractivity contribution is 6.32. The zero-order chi connectivity index (χ0) is 7.56. The lowest BCUT2D eigenvalue weighted by atomic mass is 10.0. The summed E-state index contributed by atoms with van der Waals surface area (Å²) in [5.74, 6) is 0. The Hall–Kier alpha value is -0.740. The number of hydrogen-bond acceptors (Lipinski definition) is 1. The fourth-order valence-corrected chi connectivity index (χ4v) is 1.25. The lowest BCUT2D eigenvalue weighted by Gasteiger charge is -2.07. The molecule has 0 spiro atoms. The van der Waals surface area contributed by atoms with Crippen molar-refractivity contribution in [1.82, 2.24) is 0 Å². The number of halogens is 1. The van der Waals surface area contributed by atoms with Crippen LogP contribution in [0.5, 0.6) is 0 Å². The van der Waals surface area contributed by atoms with Gasteiger partial charge in [0.25, 0.3) is 0 Å². The van der Waals surface area contributed by atoms with E-state index in [1.54, 1.807) is 0 Å². The molecule has 1 rings (SSSR count). The van der Waals surface area contributed by atoms with E-state index in [0.717, 1.165) is 12.8 Å². The molecule has 0 radical (unpaired) electrons. The van der Waals surface area contributed by atoms with Crippen molar-refractivity contribution in [3.05, 3.63) is 22.3 Å². The minimum atomic E-state index is 0.617. The minimum Gasteiger partial charge on any atom is -0.193 e. The molecule has 0 fully saturated rings. The maximum Gasteiger partial charge on any atom is 0.0962 e. The van der Waals surface area contributed by atoms with Gasteiger partial charge < -0.3 is 0 Å². The van der Waals surface area contributed by atoms with Crippen molar-refractivity contribution < 1.29 is 0 Å². The first-order valence-electron chi connectivity index (χ1n) is 3.20. The smallest absolute Gasteiger partial charge is 0.0962 e. The maximum absolute atomic E-state index is 8.53. The minimum absolute atomic E-state index is 0.617. The summed E-state index contributed by atoms with van der Waals surface area (Å²) in [6.07, 6.45) is 3.64. The van der Waals surface area contributed by atoms with Gasteiger partial charge in [0.05, 0.1) is 11.1 Å². The highest BCUT2D eigenvalue weighted by atomic mass is 35.5. The Balaban J connectivity index is 2.93. The summed E-state index contributed by atoms with van der Waals surface area (Å²) in [5.41, 5.74) is 1.97. The van der Waals surface area contributed by atoms with Gasteiger partial charge in [0, 0.05) is 5.57 Å². The molecule has 0 bridgehead atoms. The summed E-state index contributed by atoms with van der Waals surface area (Å²) in [7, 11) is 0. The van der Waals surface area contributed by atoms with E-state index in [-0.39, 0.29) is 0 Å². The first-order chi connectivity index (χ1) is 4.74. The second-order valence-corrected chi connectivity index (χ2v) is 2.84. The van der Waals surface area contributed by atoms with Crippen LogP contribution in [-0.2, 0) is 0 Å². The Morgan fingerprint density at radius 1 is 1.60 bits per heavy atom. The van der Waals surface area contributed by atoms with Crippen molar-refractivity contribution in [2.24, 2.45) is 0 Å². The molecule has 10 heavy (non-hydrogen) atoms. The monoisotopic (exact) mass is 153 g/mol. The summed E-state index contributed by atoms with van der Waals surface area (Å²) in [5, 5.41) is 9.14. The second-order valence-electron chi connectivity index (χ2n) is 2.43. The lowest BCUT2D eigenvalue weighted by molar-refractivity contribution is 0.926. The number of rotatable bonds is 0. The first-order valence-corrected chi connectivity index (χ1v) is 3.58. The van der Waals surface area contributed by atoms with E-state index in [2.05, 4.69) is 6.07 Å². The lowest BCUT2D eigenvalue weighted by Crippen LogP contribution is -1.91. The fourth-order valence-electron chi connectivity index (χ4n) is 0.927. The van der Waals surface area contributed by atoms with Gasteiger partial charge in [0.1, 0.15) is 0 Å². The zero-order valence-corrected chi connectivity index (χ0v) is 6.57. The average molecular weight is 154 g/mol. The summed E-state index contributed by atoms with van der Waals surface area (Å²) >= 11 is 5.76. The van der Waals surface area contributed by atoms with E-state index in [9.17, 15) is 0 Å². The largest absolute Gasteiger partial charge is 0.193 e. The highest BCUT2D eigenvalue weighted by Crippen LogP contribution is 2.25. The Bertz CT molecular complexity index is 242. The molecular formula is C8H8ClN. The van der Waals surface area contributed by atoms with Crippen LogP contribution >= 0.6 is 11.6 Å². The Labute approximate surface area is 65.6 Å². The van der Waals surface area contributed by atoms with Crippen LogP contribution in [0.3, 0.4) is 0 Å². The van der Waals surface area contributed by atoms with Gasteiger partial charge >= 0.3 is 0 Å². The van der Waals surface area contributed by atoms with Crippen LogP contribution in [-0.4, -0.2) is 0 Å². The van der Waals surface area contributed by atoms with E-state index in [4.69, 9.17) is 16.9 Å². The second kappa shape index (κ2) is 2.90. The van der Waals surface area contributed by atoms with Gasteiger partial charge in [-0.15, -0.1) is 0 Å². The summed E-state index contributed by atoms with van der Waals surface area (Å²) < 4.78 is 0. The number of nitrogens with zero attached hydrogens (tertiary/aromatic N) is 1. The average Bonchev–Trinajstić information content (AvgIpc) is 1.88. The highest BCUT2D eigenvalue weighted by Gasteiger charge is 2.07. The Morgan fingerprint density at radius 3 is 2.80 bits per heavy atom. The summed E-state index contributed by atoms with van der Waals surface area (Å²) in [6, 6.07) is 2.08. The third kappa shape index (κ3) is 1.40. The van der Waals surface area contributed by atoms with Crippen molar-refractivity contribution in [3.8, 4) is 6.07 Å². The van der Waals surface area contributed by atoms with Gasteiger partial charge in [0.2, 0.25) is 0 Å². The van der Waals surface area contributed by atoms with E-state index >= 15 is 0 Å². The fraction of sp³-hybridized carbons (Fsp3) is 0.375. The van der Waals surface area contributed by atoms with Gasteiger partial charge in [-0.05, 0) is 25.8 Å². The SMILES string of the molecule is CC1=CC(Cl)=C(C#N)CC1. The van der Waals surface area contributed by atoms with Crippen LogP contribution in [0.25, 0.3) is 0 Å². The van der Waals surface area contributed by atoms with Crippen LogP contribution in [0.1, 0.15) is 19.8 Å². The third-order valence-corrected chi connectivity index (χ3v) is 1.90. The molecule has 0 amide bonds. The Morgan fingerprint density at radius 2 is 2.30 bits per heavy atom. The van der Waals surface area contributed by atoms with Gasteiger partial charge in [-0.1, -0.05) is 17.2 Å². The summed E-state index contributed by atoms with van der Waals surface area (Å²) in [4.78, 5) is 0. The Kier molecular flexibility index (Phi) is 2.13. The number of allylic oxidation sites excluding steroid dienone is 4. The molecule has 0 aromatic rings. The molecule has 1 aliphatic carbocycles. The third-order valence-electron chi connectivity index (χ3n) is 1.57. The number of hydrogen-bond donors (Lipinski definition) is 0. The van der Waals surface area contributed by atoms with E-state index in [1.165, 1.54) is 5.57 Å². The van der Waals surface area contributed by atoms with Crippen LogP contribution in [0.4, 0.5) is 0 Å². The van der Waals surface area contributed by atoms with Crippen LogP contribution in [0, 0.1) is 11.3 Å². The molecule has 1 nitrogen and oxygen atoms in total. The number of nitriles is 1. The molecule has 0 aliphatic heterocycles. The van der Waals surface area contributed by atoms with Gasteiger partial charge in [-0.3, -0.25) is 0 Å².